The van der Waals surface area contributed by atoms with Gasteiger partial charge in [0.2, 0.25) is 10.5 Å². The second-order valence-corrected chi connectivity index (χ2v) is 3.23. The number of hydrogen-bond acceptors (Lipinski definition) is 5. The van der Waals surface area contributed by atoms with Gasteiger partial charge in [-0.2, -0.15) is 4.98 Å². The van der Waals surface area contributed by atoms with E-state index in [-0.39, 0.29) is 0 Å². The van der Waals surface area contributed by atoms with E-state index >= 15 is 0 Å². The molecule has 0 amide bonds. The molecule has 0 N–H and O–H groups in total. The van der Waals surface area contributed by atoms with Crippen LogP contribution in [0.5, 0.6) is 0 Å². The van der Waals surface area contributed by atoms with E-state index in [0.717, 1.165) is 5.69 Å². The third kappa shape index (κ3) is 1.49. The van der Waals surface area contributed by atoms with Crippen molar-refractivity contribution >= 4 is 15.9 Å². The van der Waals surface area contributed by atoms with Crippen LogP contribution >= 0.6 is 15.9 Å². The summed E-state index contributed by atoms with van der Waals surface area (Å²) in [7, 11) is 0. The molecule has 5 nitrogen and oxygen atoms in total. The van der Waals surface area contributed by atoms with Crippen LogP contribution in [0.4, 0.5) is 0 Å². The van der Waals surface area contributed by atoms with Gasteiger partial charge in [0.25, 0.3) is 5.89 Å². The highest BCUT2D eigenvalue weighted by molar-refractivity contribution is 9.10. The molecule has 0 saturated carbocycles. The number of aryl methyl sites for hydroxylation is 2. The fraction of sp³-hybridized carbons (Fsp3) is 0.286. The van der Waals surface area contributed by atoms with Crippen molar-refractivity contribution in [1.82, 2.24) is 15.1 Å². The van der Waals surface area contributed by atoms with Gasteiger partial charge in [-0.3, -0.25) is 0 Å². The molecule has 0 aromatic carbocycles. The molecule has 13 heavy (non-hydrogen) atoms. The second-order valence-electron chi connectivity index (χ2n) is 2.52. The van der Waals surface area contributed by atoms with Gasteiger partial charge in [-0.1, -0.05) is 0 Å². The Kier molecular flexibility index (Phi) is 1.91. The predicted octanol–water partition coefficient (Wildman–Crippen LogP) is 2.10. The van der Waals surface area contributed by atoms with Crippen molar-refractivity contribution < 1.29 is 8.94 Å². The Labute approximate surface area is 82.3 Å². The Morgan fingerprint density at radius 1 is 1.23 bits per heavy atom. The monoisotopic (exact) mass is 243 g/mol. The van der Waals surface area contributed by atoms with Crippen LogP contribution in [0.2, 0.25) is 0 Å². The first-order valence-corrected chi connectivity index (χ1v) is 4.39. The maximum absolute atomic E-state index is 5.29. The molecule has 0 aliphatic heterocycles. The molecular formula is C7H6BrN3O2. The first kappa shape index (κ1) is 8.43. The summed E-state index contributed by atoms with van der Waals surface area (Å²) in [6.45, 7) is 3.59. The largest absolute Gasteiger partial charge is 0.436 e. The molecule has 68 valence electrons. The van der Waals surface area contributed by atoms with Crippen molar-refractivity contribution in [2.24, 2.45) is 0 Å². The number of aromatic nitrogens is 3. The van der Waals surface area contributed by atoms with Gasteiger partial charge in [0, 0.05) is 6.92 Å². The Bertz CT molecular complexity index is 435. The van der Waals surface area contributed by atoms with Crippen LogP contribution in [0.25, 0.3) is 11.7 Å². The van der Waals surface area contributed by atoms with Crippen LogP contribution in [-0.2, 0) is 0 Å². The van der Waals surface area contributed by atoms with Crippen LogP contribution in [-0.4, -0.2) is 15.1 Å². The molecular weight excluding hydrogens is 238 g/mol. The molecule has 0 spiro atoms. The number of halogens is 1. The highest BCUT2D eigenvalue weighted by Crippen LogP contribution is 2.23. The Hall–Kier alpha value is -1.17. The van der Waals surface area contributed by atoms with Crippen molar-refractivity contribution in [3.63, 3.8) is 0 Å². The summed E-state index contributed by atoms with van der Waals surface area (Å²) < 4.78 is 10.6. The van der Waals surface area contributed by atoms with Crippen molar-refractivity contribution in [1.29, 1.82) is 0 Å². The number of nitrogens with zero attached hydrogens (tertiary/aromatic N) is 3. The molecule has 0 aliphatic rings. The molecule has 6 heteroatoms. The molecule has 0 aliphatic carbocycles. The number of hydrogen-bond donors (Lipinski definition) is 0. The summed E-state index contributed by atoms with van der Waals surface area (Å²) >= 11 is 3.08. The summed E-state index contributed by atoms with van der Waals surface area (Å²) in [5, 5.41) is 3.59. The van der Waals surface area contributed by atoms with Gasteiger partial charge < -0.3 is 8.94 Å². The zero-order valence-corrected chi connectivity index (χ0v) is 8.62. The normalized spacial score (nSPS) is 10.7. The lowest BCUT2D eigenvalue weighted by atomic mass is 10.4. The molecule has 0 saturated heterocycles. The molecule has 2 aromatic rings. The number of rotatable bonds is 1. The van der Waals surface area contributed by atoms with Crippen molar-refractivity contribution in [2.75, 3.05) is 0 Å². The van der Waals surface area contributed by atoms with E-state index in [9.17, 15) is 0 Å². The van der Waals surface area contributed by atoms with Gasteiger partial charge in [-0.25, -0.2) is 4.98 Å². The smallest absolute Gasteiger partial charge is 0.296 e. The van der Waals surface area contributed by atoms with Crippen molar-refractivity contribution in [3.8, 4) is 11.7 Å². The molecule has 0 atom stereocenters. The Morgan fingerprint density at radius 2 is 2.00 bits per heavy atom. The topological polar surface area (TPSA) is 65.0 Å². The van der Waals surface area contributed by atoms with E-state index < -0.39 is 0 Å². The zero-order valence-electron chi connectivity index (χ0n) is 7.04. The average Bonchev–Trinajstić information content (AvgIpc) is 2.58. The van der Waals surface area contributed by atoms with Crippen molar-refractivity contribution in [2.45, 2.75) is 13.8 Å². The minimum absolute atomic E-state index is 0.338. The van der Waals surface area contributed by atoms with Gasteiger partial charge >= 0.3 is 0 Å². The van der Waals surface area contributed by atoms with E-state index in [4.69, 9.17) is 8.94 Å². The zero-order chi connectivity index (χ0) is 9.42. The SMILES string of the molecule is Cc1nc(C)c(-c2nc(Br)no2)o1. The van der Waals surface area contributed by atoms with E-state index in [0.29, 0.717) is 22.3 Å². The molecule has 0 fully saturated rings. The standard InChI is InChI=1S/C7H6BrN3O2/c1-3-5(12-4(2)9-3)6-10-7(8)11-13-6/h1-2H3. The van der Waals surface area contributed by atoms with Crippen LogP contribution in [0, 0.1) is 13.8 Å². The van der Waals surface area contributed by atoms with E-state index in [1.165, 1.54) is 0 Å². The van der Waals surface area contributed by atoms with Gasteiger partial charge in [-0.05, 0) is 28.0 Å². The maximum Gasteiger partial charge on any atom is 0.296 e. The summed E-state index contributed by atoms with van der Waals surface area (Å²) in [6, 6.07) is 0. The fourth-order valence-electron chi connectivity index (χ4n) is 1.03. The minimum atomic E-state index is 0.338. The first-order valence-electron chi connectivity index (χ1n) is 3.60. The quantitative estimate of drug-likeness (QED) is 0.768. The lowest BCUT2D eigenvalue weighted by Crippen LogP contribution is -1.77. The summed E-state index contributed by atoms with van der Waals surface area (Å²) in [5.41, 5.74) is 0.744. The molecule has 0 unspecified atom stereocenters. The number of oxazole rings is 1. The molecule has 0 radical (unpaired) electrons. The van der Waals surface area contributed by atoms with Crippen LogP contribution < -0.4 is 0 Å². The lowest BCUT2D eigenvalue weighted by molar-refractivity contribution is 0.408. The molecule has 2 rings (SSSR count). The molecule has 0 bridgehead atoms. The third-order valence-electron chi connectivity index (χ3n) is 1.50. The van der Waals surface area contributed by atoms with Crippen LogP contribution in [0.15, 0.2) is 13.7 Å². The first-order chi connectivity index (χ1) is 6.16. The summed E-state index contributed by atoms with van der Waals surface area (Å²) in [5.74, 6) is 1.45. The van der Waals surface area contributed by atoms with E-state index in [1.807, 2.05) is 6.92 Å². The molecule has 2 heterocycles. The van der Waals surface area contributed by atoms with Crippen LogP contribution in [0.1, 0.15) is 11.6 Å². The Balaban J connectivity index is 2.51. The van der Waals surface area contributed by atoms with Gasteiger partial charge in [0.05, 0.1) is 5.69 Å². The fourth-order valence-corrected chi connectivity index (χ4v) is 1.26. The van der Waals surface area contributed by atoms with E-state index in [2.05, 4.69) is 31.1 Å². The maximum atomic E-state index is 5.29. The molecule has 2 aromatic heterocycles. The summed E-state index contributed by atoms with van der Waals surface area (Å²) in [4.78, 5) is 8.05. The lowest BCUT2D eigenvalue weighted by Gasteiger charge is -1.85. The van der Waals surface area contributed by atoms with Crippen LogP contribution in [0.3, 0.4) is 0 Å². The average molecular weight is 244 g/mol. The van der Waals surface area contributed by atoms with Gasteiger partial charge in [-0.15, -0.1) is 0 Å². The predicted molar refractivity (Wildman–Crippen MR) is 47.0 cm³/mol. The van der Waals surface area contributed by atoms with Gasteiger partial charge in [0.15, 0.2) is 5.89 Å². The second kappa shape index (κ2) is 2.95. The Morgan fingerprint density at radius 3 is 2.46 bits per heavy atom. The minimum Gasteiger partial charge on any atom is -0.436 e. The van der Waals surface area contributed by atoms with Crippen molar-refractivity contribution in [3.05, 3.63) is 16.3 Å². The van der Waals surface area contributed by atoms with Gasteiger partial charge in [0.1, 0.15) is 0 Å². The van der Waals surface area contributed by atoms with E-state index in [1.54, 1.807) is 6.92 Å². The third-order valence-corrected chi connectivity index (χ3v) is 1.82. The summed E-state index contributed by atoms with van der Waals surface area (Å²) in [6.07, 6.45) is 0. The highest BCUT2D eigenvalue weighted by atomic mass is 79.9. The highest BCUT2D eigenvalue weighted by Gasteiger charge is 2.15.